The average Bonchev–Trinajstić information content (AvgIpc) is 2.76. The molecule has 0 spiro atoms. The van der Waals surface area contributed by atoms with Crippen molar-refractivity contribution in [1.82, 2.24) is 14.3 Å². The molecule has 1 aromatic carbocycles. The zero-order valence-electron chi connectivity index (χ0n) is 19.1. The number of anilines is 2. The molecule has 168 valence electrons. The highest BCUT2D eigenvalue weighted by Gasteiger charge is 2.31. The molecule has 0 atom stereocenters. The summed E-state index contributed by atoms with van der Waals surface area (Å²) in [6.45, 7) is 12.0. The van der Waals surface area contributed by atoms with Crippen LogP contribution in [0.3, 0.4) is 0 Å². The van der Waals surface area contributed by atoms with E-state index in [2.05, 4.69) is 20.9 Å². The van der Waals surface area contributed by atoms with Gasteiger partial charge < -0.3 is 9.80 Å². The van der Waals surface area contributed by atoms with Crippen molar-refractivity contribution in [3.63, 3.8) is 0 Å². The third kappa shape index (κ3) is 4.55. The van der Waals surface area contributed by atoms with Gasteiger partial charge in [0.2, 0.25) is 16.0 Å². The van der Waals surface area contributed by atoms with Crippen molar-refractivity contribution < 1.29 is 8.42 Å². The van der Waals surface area contributed by atoms with Gasteiger partial charge in [-0.05, 0) is 69.7 Å². The van der Waals surface area contributed by atoms with E-state index in [4.69, 9.17) is 4.98 Å². The van der Waals surface area contributed by atoms with Crippen LogP contribution in [0.2, 0.25) is 0 Å². The third-order valence-corrected chi connectivity index (χ3v) is 8.48. The van der Waals surface area contributed by atoms with Crippen molar-refractivity contribution in [2.75, 3.05) is 49.1 Å². The van der Waals surface area contributed by atoms with Crippen molar-refractivity contribution in [3.05, 3.63) is 40.6 Å². The number of piperidine rings is 1. The zero-order chi connectivity index (χ0) is 22.2. The molecule has 3 heterocycles. The van der Waals surface area contributed by atoms with Crippen LogP contribution in [0.4, 0.5) is 11.8 Å². The Balaban J connectivity index is 1.50. The van der Waals surface area contributed by atoms with Gasteiger partial charge in [0, 0.05) is 51.0 Å². The first-order chi connectivity index (χ1) is 14.8. The van der Waals surface area contributed by atoms with E-state index in [0.717, 1.165) is 41.3 Å². The standard InChI is InChI=1S/C23H33N5O2S/c1-17-14-19(3)21(15-18(17)2)31(29,30)28-12-10-27(11-13-28)23-24-20(4)16-22(25-23)26-8-6-5-7-9-26/h14-16H,5-13H2,1-4H3. The molecule has 0 aliphatic carbocycles. The molecule has 2 aliphatic heterocycles. The summed E-state index contributed by atoms with van der Waals surface area (Å²) in [6, 6.07) is 5.82. The number of rotatable bonds is 4. The second-order valence-corrected chi connectivity index (χ2v) is 10.7. The molecule has 31 heavy (non-hydrogen) atoms. The van der Waals surface area contributed by atoms with Crippen LogP contribution in [0.5, 0.6) is 0 Å². The SMILES string of the molecule is Cc1cc(N2CCCCC2)nc(N2CCN(S(=O)(=O)c3cc(C)c(C)cc3C)CC2)n1. The van der Waals surface area contributed by atoms with Gasteiger partial charge in [-0.1, -0.05) is 6.07 Å². The Morgan fingerprint density at radius 1 is 0.710 bits per heavy atom. The van der Waals surface area contributed by atoms with E-state index < -0.39 is 10.0 Å². The smallest absolute Gasteiger partial charge is 0.243 e. The van der Waals surface area contributed by atoms with Gasteiger partial charge in [0.25, 0.3) is 0 Å². The number of piperazine rings is 1. The van der Waals surface area contributed by atoms with Crippen LogP contribution in [-0.4, -0.2) is 62.0 Å². The predicted octanol–water partition coefficient (Wildman–Crippen LogP) is 3.21. The Kier molecular flexibility index (Phi) is 6.21. The monoisotopic (exact) mass is 443 g/mol. The zero-order valence-corrected chi connectivity index (χ0v) is 19.9. The van der Waals surface area contributed by atoms with Crippen molar-refractivity contribution in [2.24, 2.45) is 0 Å². The summed E-state index contributed by atoms with van der Waals surface area (Å²) in [6.07, 6.45) is 3.68. The van der Waals surface area contributed by atoms with Crippen LogP contribution < -0.4 is 9.80 Å². The molecule has 0 bridgehead atoms. The van der Waals surface area contributed by atoms with E-state index >= 15 is 0 Å². The number of nitrogens with zero attached hydrogens (tertiary/aromatic N) is 5. The lowest BCUT2D eigenvalue weighted by atomic mass is 10.1. The van der Waals surface area contributed by atoms with Gasteiger partial charge in [-0.2, -0.15) is 9.29 Å². The molecule has 2 aliphatic rings. The lowest BCUT2D eigenvalue weighted by Gasteiger charge is -2.35. The maximum Gasteiger partial charge on any atom is 0.243 e. The number of aromatic nitrogens is 2. The highest BCUT2D eigenvalue weighted by atomic mass is 32.2. The molecule has 2 fully saturated rings. The highest BCUT2D eigenvalue weighted by molar-refractivity contribution is 7.89. The Bertz CT molecular complexity index is 1060. The Morgan fingerprint density at radius 3 is 2.03 bits per heavy atom. The highest BCUT2D eigenvalue weighted by Crippen LogP contribution is 2.26. The molecule has 0 N–H and O–H groups in total. The molecule has 0 saturated carbocycles. The summed E-state index contributed by atoms with van der Waals surface area (Å²) in [5.41, 5.74) is 3.87. The number of sulfonamides is 1. The summed E-state index contributed by atoms with van der Waals surface area (Å²) >= 11 is 0. The molecule has 4 rings (SSSR count). The van der Waals surface area contributed by atoms with Crippen LogP contribution in [0.1, 0.15) is 41.6 Å². The number of aryl methyl sites for hydroxylation is 4. The first-order valence-electron chi connectivity index (χ1n) is 11.2. The summed E-state index contributed by atoms with van der Waals surface area (Å²) in [4.78, 5) is 14.4. The molecule has 8 heteroatoms. The number of benzene rings is 1. The van der Waals surface area contributed by atoms with Gasteiger partial charge in [-0.25, -0.2) is 13.4 Å². The fraction of sp³-hybridized carbons (Fsp3) is 0.565. The van der Waals surface area contributed by atoms with E-state index in [0.29, 0.717) is 37.0 Å². The average molecular weight is 444 g/mol. The predicted molar refractivity (Wildman–Crippen MR) is 124 cm³/mol. The maximum absolute atomic E-state index is 13.3. The largest absolute Gasteiger partial charge is 0.356 e. The van der Waals surface area contributed by atoms with Crippen LogP contribution in [0.25, 0.3) is 0 Å². The summed E-state index contributed by atoms with van der Waals surface area (Å²) in [5.74, 6) is 1.70. The summed E-state index contributed by atoms with van der Waals surface area (Å²) < 4.78 is 28.2. The molecule has 1 aromatic heterocycles. The van der Waals surface area contributed by atoms with Crippen molar-refractivity contribution in [1.29, 1.82) is 0 Å². The van der Waals surface area contributed by atoms with Gasteiger partial charge in [-0.15, -0.1) is 0 Å². The minimum atomic E-state index is -3.51. The summed E-state index contributed by atoms with van der Waals surface area (Å²) in [5, 5.41) is 0. The third-order valence-electron chi connectivity index (χ3n) is 6.44. The molecule has 2 aromatic rings. The van der Waals surface area contributed by atoms with Crippen molar-refractivity contribution in [2.45, 2.75) is 51.9 Å². The van der Waals surface area contributed by atoms with E-state index in [1.54, 1.807) is 10.4 Å². The van der Waals surface area contributed by atoms with E-state index in [9.17, 15) is 8.42 Å². The van der Waals surface area contributed by atoms with Crippen LogP contribution in [0, 0.1) is 27.7 Å². The second kappa shape index (κ2) is 8.74. The molecule has 0 amide bonds. The lowest BCUT2D eigenvalue weighted by molar-refractivity contribution is 0.382. The maximum atomic E-state index is 13.3. The molecular formula is C23H33N5O2S. The molecule has 0 unspecified atom stereocenters. The minimum Gasteiger partial charge on any atom is -0.356 e. The minimum absolute atomic E-state index is 0.420. The Hall–Kier alpha value is -2.19. The molecular weight excluding hydrogens is 410 g/mol. The number of hydrogen-bond acceptors (Lipinski definition) is 6. The van der Waals surface area contributed by atoms with Gasteiger partial charge in [0.1, 0.15) is 5.82 Å². The Labute approximate surface area is 186 Å². The second-order valence-electron chi connectivity index (χ2n) is 8.81. The van der Waals surface area contributed by atoms with Crippen molar-refractivity contribution >= 4 is 21.8 Å². The van der Waals surface area contributed by atoms with Gasteiger partial charge in [-0.3, -0.25) is 0 Å². The van der Waals surface area contributed by atoms with Gasteiger partial charge >= 0.3 is 0 Å². The molecule has 0 radical (unpaired) electrons. The van der Waals surface area contributed by atoms with Crippen LogP contribution in [-0.2, 0) is 10.0 Å². The van der Waals surface area contributed by atoms with E-state index in [1.165, 1.54) is 19.3 Å². The van der Waals surface area contributed by atoms with E-state index in [-0.39, 0.29) is 0 Å². The van der Waals surface area contributed by atoms with E-state index in [1.807, 2.05) is 33.8 Å². The van der Waals surface area contributed by atoms with Crippen molar-refractivity contribution in [3.8, 4) is 0 Å². The molecule has 2 saturated heterocycles. The fourth-order valence-corrected chi connectivity index (χ4v) is 6.16. The first-order valence-corrected chi connectivity index (χ1v) is 12.6. The first kappa shape index (κ1) is 22.0. The number of hydrogen-bond donors (Lipinski definition) is 0. The molecule has 7 nitrogen and oxygen atoms in total. The quantitative estimate of drug-likeness (QED) is 0.723. The Morgan fingerprint density at radius 2 is 1.35 bits per heavy atom. The fourth-order valence-electron chi connectivity index (χ4n) is 4.44. The normalized spacial score (nSPS) is 18.5. The van der Waals surface area contributed by atoms with Gasteiger partial charge in [0.05, 0.1) is 4.90 Å². The topological polar surface area (TPSA) is 69.6 Å². The van der Waals surface area contributed by atoms with Gasteiger partial charge in [0.15, 0.2) is 0 Å². The van der Waals surface area contributed by atoms with Crippen LogP contribution in [0.15, 0.2) is 23.1 Å². The summed E-state index contributed by atoms with van der Waals surface area (Å²) in [7, 11) is -3.51. The van der Waals surface area contributed by atoms with Crippen LogP contribution >= 0.6 is 0 Å². The lowest BCUT2D eigenvalue weighted by Crippen LogP contribution is -2.49.